The first-order valence-corrected chi connectivity index (χ1v) is 3.61. The van der Waals surface area contributed by atoms with E-state index in [0.29, 0.717) is 10.7 Å². The standard InChI is InChI=1S/C8H11N3O/c1-10(2)11(12)9-8-6-4-3-5-7-8/h3-7H,1-2H3. The Labute approximate surface area is 71.3 Å². The number of benzene rings is 1. The molecule has 0 amide bonds. The van der Waals surface area contributed by atoms with Crippen LogP contribution in [0.25, 0.3) is 0 Å². The van der Waals surface area contributed by atoms with Crippen LogP contribution in [-0.2, 0) is 0 Å². The van der Waals surface area contributed by atoms with Gasteiger partial charge in [0.05, 0.1) is 14.1 Å². The SMILES string of the molecule is CN(C)[N+]([O-])=Nc1ccccc1. The van der Waals surface area contributed by atoms with E-state index in [1.54, 1.807) is 26.2 Å². The van der Waals surface area contributed by atoms with Gasteiger partial charge >= 0.3 is 0 Å². The maximum Gasteiger partial charge on any atom is 0.135 e. The van der Waals surface area contributed by atoms with Crippen LogP contribution in [0.3, 0.4) is 0 Å². The van der Waals surface area contributed by atoms with Crippen molar-refractivity contribution >= 4 is 5.69 Å². The predicted octanol–water partition coefficient (Wildman–Crippen LogP) is 1.76. The zero-order valence-corrected chi connectivity index (χ0v) is 7.14. The second-order valence-corrected chi connectivity index (χ2v) is 2.54. The third-order valence-corrected chi connectivity index (χ3v) is 1.30. The summed E-state index contributed by atoms with van der Waals surface area (Å²) in [5, 5.41) is 16.1. The van der Waals surface area contributed by atoms with E-state index in [0.717, 1.165) is 0 Å². The smallest absolute Gasteiger partial charge is 0.135 e. The normalized spacial score (nSPS) is 11.3. The Morgan fingerprint density at radius 1 is 1.25 bits per heavy atom. The van der Waals surface area contributed by atoms with Gasteiger partial charge in [-0.2, -0.15) is 5.01 Å². The fraction of sp³-hybridized carbons (Fsp3) is 0.250. The molecule has 0 aliphatic heterocycles. The minimum absolute atomic E-state index is 0.537. The van der Waals surface area contributed by atoms with Gasteiger partial charge in [0.1, 0.15) is 5.69 Å². The summed E-state index contributed by atoms with van der Waals surface area (Å²) < 4.78 is 0. The molecule has 0 radical (unpaired) electrons. The number of hydrogen-bond acceptors (Lipinski definition) is 2. The van der Waals surface area contributed by atoms with E-state index in [1.807, 2.05) is 18.2 Å². The molecule has 0 fully saturated rings. The van der Waals surface area contributed by atoms with Gasteiger partial charge in [-0.15, -0.1) is 0 Å². The highest BCUT2D eigenvalue weighted by atomic mass is 16.5. The van der Waals surface area contributed by atoms with Crippen molar-refractivity contribution in [3.05, 3.63) is 35.5 Å². The van der Waals surface area contributed by atoms with Crippen molar-refractivity contribution in [2.75, 3.05) is 14.1 Å². The molecule has 1 aromatic carbocycles. The van der Waals surface area contributed by atoms with Crippen LogP contribution in [0.5, 0.6) is 0 Å². The zero-order chi connectivity index (χ0) is 8.97. The van der Waals surface area contributed by atoms with E-state index < -0.39 is 0 Å². The average molecular weight is 165 g/mol. The lowest BCUT2D eigenvalue weighted by atomic mass is 10.3. The molecule has 12 heavy (non-hydrogen) atoms. The number of rotatable bonds is 2. The minimum Gasteiger partial charge on any atom is -0.571 e. The molecule has 0 unspecified atom stereocenters. The third-order valence-electron chi connectivity index (χ3n) is 1.30. The second kappa shape index (κ2) is 3.71. The fourth-order valence-corrected chi connectivity index (χ4v) is 0.683. The molecule has 4 nitrogen and oxygen atoms in total. The van der Waals surface area contributed by atoms with Gasteiger partial charge in [-0.3, -0.25) is 0 Å². The maximum atomic E-state index is 11.0. The minimum atomic E-state index is 0.537. The average Bonchev–Trinajstić information content (AvgIpc) is 2.06. The van der Waals surface area contributed by atoms with Crippen LogP contribution in [0.15, 0.2) is 35.4 Å². The van der Waals surface area contributed by atoms with E-state index in [-0.39, 0.29) is 0 Å². The van der Waals surface area contributed by atoms with Crippen LogP contribution in [0.4, 0.5) is 5.69 Å². The molecular formula is C8H11N3O. The Bertz CT molecular complexity index is 269. The highest BCUT2D eigenvalue weighted by Gasteiger charge is 1.97. The van der Waals surface area contributed by atoms with Gasteiger partial charge in [0.15, 0.2) is 0 Å². The van der Waals surface area contributed by atoms with E-state index in [1.165, 1.54) is 5.01 Å². The molecular weight excluding hydrogens is 154 g/mol. The maximum absolute atomic E-state index is 11.0. The first kappa shape index (κ1) is 8.52. The molecule has 0 aliphatic rings. The Hall–Kier alpha value is -1.58. The monoisotopic (exact) mass is 165 g/mol. The van der Waals surface area contributed by atoms with Crippen LogP contribution < -0.4 is 0 Å². The Balaban J connectivity index is 2.81. The number of hydrogen-bond donors (Lipinski definition) is 0. The highest BCUT2D eigenvalue weighted by molar-refractivity contribution is 5.33. The molecule has 4 heteroatoms. The highest BCUT2D eigenvalue weighted by Crippen LogP contribution is 2.09. The van der Waals surface area contributed by atoms with Crippen LogP contribution >= 0.6 is 0 Å². The fourth-order valence-electron chi connectivity index (χ4n) is 0.683. The largest absolute Gasteiger partial charge is 0.571 e. The molecule has 0 saturated carbocycles. The van der Waals surface area contributed by atoms with Gasteiger partial charge in [0.2, 0.25) is 0 Å². The van der Waals surface area contributed by atoms with Gasteiger partial charge in [-0.05, 0) is 12.1 Å². The summed E-state index contributed by atoms with van der Waals surface area (Å²) in [6.45, 7) is 0. The molecule has 0 heterocycles. The lowest BCUT2D eigenvalue weighted by Gasteiger charge is -2.05. The molecule has 0 saturated heterocycles. The van der Waals surface area contributed by atoms with E-state index in [2.05, 4.69) is 5.11 Å². The van der Waals surface area contributed by atoms with Crippen molar-refractivity contribution in [2.45, 2.75) is 0 Å². The predicted molar refractivity (Wildman–Crippen MR) is 45.8 cm³/mol. The zero-order valence-electron chi connectivity index (χ0n) is 7.14. The summed E-state index contributed by atoms with van der Waals surface area (Å²) in [4.78, 5) is 0.537. The quantitative estimate of drug-likeness (QED) is 0.380. The van der Waals surface area contributed by atoms with Crippen LogP contribution in [-0.4, -0.2) is 24.1 Å². The van der Waals surface area contributed by atoms with Crippen molar-refractivity contribution in [2.24, 2.45) is 5.11 Å². The van der Waals surface area contributed by atoms with Crippen molar-refractivity contribution < 1.29 is 4.97 Å². The lowest BCUT2D eigenvalue weighted by molar-refractivity contribution is -0.677. The van der Waals surface area contributed by atoms with Crippen molar-refractivity contribution in [1.82, 2.24) is 5.01 Å². The summed E-state index contributed by atoms with van der Waals surface area (Å²) in [5.74, 6) is 0. The van der Waals surface area contributed by atoms with Gasteiger partial charge in [0, 0.05) is 10.1 Å². The molecule has 0 atom stereocenters. The molecule has 0 N–H and O–H groups in total. The van der Waals surface area contributed by atoms with Gasteiger partial charge in [-0.25, -0.2) is 0 Å². The second-order valence-electron chi connectivity index (χ2n) is 2.54. The Kier molecular flexibility index (Phi) is 2.63. The summed E-state index contributed by atoms with van der Waals surface area (Å²) in [7, 11) is 3.28. The van der Waals surface area contributed by atoms with Crippen LogP contribution in [0.1, 0.15) is 0 Å². The van der Waals surface area contributed by atoms with Crippen molar-refractivity contribution in [3.63, 3.8) is 0 Å². The molecule has 0 bridgehead atoms. The summed E-state index contributed by atoms with van der Waals surface area (Å²) in [5.41, 5.74) is 0.654. The first-order chi connectivity index (χ1) is 5.70. The van der Waals surface area contributed by atoms with Crippen LogP contribution in [0.2, 0.25) is 0 Å². The first-order valence-electron chi connectivity index (χ1n) is 3.61. The number of nitrogens with zero attached hydrogens (tertiary/aromatic N) is 3. The molecule has 0 spiro atoms. The number of hydrazine groups is 1. The molecule has 0 aromatic heterocycles. The van der Waals surface area contributed by atoms with Crippen LogP contribution in [0, 0.1) is 5.21 Å². The Morgan fingerprint density at radius 2 is 1.83 bits per heavy atom. The summed E-state index contributed by atoms with van der Waals surface area (Å²) >= 11 is 0. The molecule has 0 aliphatic carbocycles. The Morgan fingerprint density at radius 3 is 2.33 bits per heavy atom. The topological polar surface area (TPSA) is 41.7 Å². The van der Waals surface area contributed by atoms with Crippen molar-refractivity contribution in [1.29, 1.82) is 0 Å². The van der Waals surface area contributed by atoms with E-state index in [9.17, 15) is 5.21 Å². The van der Waals surface area contributed by atoms with Crippen molar-refractivity contribution in [3.8, 4) is 0 Å². The van der Waals surface area contributed by atoms with E-state index >= 15 is 0 Å². The summed E-state index contributed by atoms with van der Waals surface area (Å²) in [6, 6.07) is 9.09. The third kappa shape index (κ3) is 2.23. The summed E-state index contributed by atoms with van der Waals surface area (Å²) in [6.07, 6.45) is 0. The molecule has 1 rings (SSSR count). The van der Waals surface area contributed by atoms with Gasteiger partial charge in [0.25, 0.3) is 0 Å². The van der Waals surface area contributed by atoms with E-state index in [4.69, 9.17) is 0 Å². The van der Waals surface area contributed by atoms with Gasteiger partial charge < -0.3 is 5.21 Å². The molecule has 64 valence electrons. The van der Waals surface area contributed by atoms with Gasteiger partial charge in [-0.1, -0.05) is 18.2 Å². The lowest BCUT2D eigenvalue weighted by Crippen LogP contribution is -2.20. The molecule has 1 aromatic rings.